The Kier molecular flexibility index (Phi) is 5.31. The minimum Gasteiger partial charge on any atom is -0.383 e. The van der Waals surface area contributed by atoms with Gasteiger partial charge >= 0.3 is 0 Å². The fraction of sp³-hybridized carbons (Fsp3) is 0.235. The molecule has 0 radical (unpaired) electrons. The highest BCUT2D eigenvalue weighted by Gasteiger charge is 2.14. The third-order valence-corrected chi connectivity index (χ3v) is 6.37. The molecule has 0 saturated carbocycles. The number of nitrogens with two attached hydrogens (primary N) is 1. The van der Waals surface area contributed by atoms with Gasteiger partial charge in [0.1, 0.15) is 10.6 Å². The number of anilines is 2. The number of aryl methyl sites for hydroxylation is 3. The zero-order valence-electron chi connectivity index (χ0n) is 14.0. The Balaban J connectivity index is 1.70. The van der Waals surface area contributed by atoms with Crippen LogP contribution in [0.15, 0.2) is 27.8 Å². The summed E-state index contributed by atoms with van der Waals surface area (Å²) in [5, 5.41) is 4.32. The summed E-state index contributed by atoms with van der Waals surface area (Å²) in [6, 6.07) is 5.79. The lowest BCUT2D eigenvalue weighted by molar-refractivity contribution is -0.113. The van der Waals surface area contributed by atoms with Gasteiger partial charge in [0.05, 0.1) is 16.8 Å². The summed E-state index contributed by atoms with van der Waals surface area (Å²) in [6.07, 6.45) is 0. The van der Waals surface area contributed by atoms with Gasteiger partial charge in [-0.25, -0.2) is 9.97 Å². The number of amides is 1. The number of carbonyl (C=O) groups excluding carboxylic acids is 1. The van der Waals surface area contributed by atoms with Crippen molar-refractivity contribution in [3.8, 4) is 0 Å². The molecule has 0 atom stereocenters. The number of nitrogens with zero attached hydrogens (tertiary/aromatic N) is 2. The number of halogens is 1. The highest BCUT2D eigenvalue weighted by atomic mass is 79.9. The standard InChI is InChI=1S/C17H17BrN4OS2/c1-8-4-5-12(11(18)6-8)20-13(23)7-24-17-21-15(19)14-9(2)10(3)25-16(14)22-17/h4-6H,7H2,1-3H3,(H,20,23)(H2,19,21,22). The van der Waals surface area contributed by atoms with Gasteiger partial charge in [-0.1, -0.05) is 17.8 Å². The van der Waals surface area contributed by atoms with Crippen molar-refractivity contribution in [2.75, 3.05) is 16.8 Å². The number of hydrogen-bond acceptors (Lipinski definition) is 6. The van der Waals surface area contributed by atoms with Crippen LogP contribution in [0.5, 0.6) is 0 Å². The Morgan fingerprint density at radius 3 is 2.80 bits per heavy atom. The lowest BCUT2D eigenvalue weighted by Crippen LogP contribution is -2.14. The molecule has 0 spiro atoms. The number of nitrogen functional groups attached to an aromatic ring is 1. The predicted octanol–water partition coefficient (Wildman–Crippen LogP) is 4.69. The molecule has 3 N–H and O–H groups in total. The third-order valence-electron chi connectivity index (χ3n) is 3.77. The fourth-order valence-electron chi connectivity index (χ4n) is 2.36. The van der Waals surface area contributed by atoms with Crippen molar-refractivity contribution in [1.29, 1.82) is 0 Å². The zero-order valence-corrected chi connectivity index (χ0v) is 17.2. The van der Waals surface area contributed by atoms with E-state index in [1.165, 1.54) is 16.6 Å². The van der Waals surface area contributed by atoms with Gasteiger partial charge in [0.25, 0.3) is 0 Å². The monoisotopic (exact) mass is 436 g/mol. The summed E-state index contributed by atoms with van der Waals surface area (Å²) in [4.78, 5) is 23.1. The second-order valence-electron chi connectivity index (χ2n) is 5.67. The molecule has 130 valence electrons. The van der Waals surface area contributed by atoms with Crippen LogP contribution < -0.4 is 11.1 Å². The summed E-state index contributed by atoms with van der Waals surface area (Å²) < 4.78 is 0.859. The van der Waals surface area contributed by atoms with E-state index in [1.807, 2.05) is 39.0 Å². The highest BCUT2D eigenvalue weighted by Crippen LogP contribution is 2.33. The van der Waals surface area contributed by atoms with Crippen molar-refractivity contribution in [1.82, 2.24) is 9.97 Å². The number of carbonyl (C=O) groups is 1. The maximum Gasteiger partial charge on any atom is 0.234 e. The Morgan fingerprint density at radius 1 is 1.32 bits per heavy atom. The fourth-order valence-corrected chi connectivity index (χ4v) is 4.70. The van der Waals surface area contributed by atoms with E-state index in [9.17, 15) is 4.79 Å². The van der Waals surface area contributed by atoms with Crippen LogP contribution in [-0.2, 0) is 4.79 Å². The minimum atomic E-state index is -0.115. The first kappa shape index (κ1) is 18.2. The van der Waals surface area contributed by atoms with E-state index >= 15 is 0 Å². The molecule has 0 aliphatic rings. The maximum atomic E-state index is 12.2. The zero-order chi connectivity index (χ0) is 18.1. The molecule has 25 heavy (non-hydrogen) atoms. The molecule has 5 nitrogen and oxygen atoms in total. The van der Waals surface area contributed by atoms with Crippen LogP contribution in [0, 0.1) is 20.8 Å². The SMILES string of the molecule is Cc1ccc(NC(=O)CSc2nc(N)c3c(C)c(C)sc3n2)c(Br)c1. The molecule has 0 saturated heterocycles. The molecule has 3 aromatic rings. The van der Waals surface area contributed by atoms with Crippen molar-refractivity contribution < 1.29 is 4.79 Å². The molecule has 8 heteroatoms. The first-order valence-corrected chi connectivity index (χ1v) is 10.2. The smallest absolute Gasteiger partial charge is 0.234 e. The molecular formula is C17H17BrN4OS2. The average molecular weight is 437 g/mol. The van der Waals surface area contributed by atoms with E-state index < -0.39 is 0 Å². The van der Waals surface area contributed by atoms with E-state index in [4.69, 9.17) is 5.73 Å². The van der Waals surface area contributed by atoms with Gasteiger partial charge in [0, 0.05) is 9.35 Å². The van der Waals surface area contributed by atoms with Crippen molar-refractivity contribution in [2.45, 2.75) is 25.9 Å². The Bertz CT molecular complexity index is 971. The van der Waals surface area contributed by atoms with E-state index in [0.717, 1.165) is 31.5 Å². The van der Waals surface area contributed by atoms with Crippen LogP contribution in [0.4, 0.5) is 11.5 Å². The first-order valence-electron chi connectivity index (χ1n) is 7.57. The molecule has 0 fully saturated rings. The second-order valence-corrected chi connectivity index (χ2v) is 8.68. The number of hydrogen-bond donors (Lipinski definition) is 2. The number of rotatable bonds is 4. The quantitative estimate of drug-likeness (QED) is 0.457. The van der Waals surface area contributed by atoms with Crippen molar-refractivity contribution in [3.63, 3.8) is 0 Å². The minimum absolute atomic E-state index is 0.115. The number of aromatic nitrogens is 2. The second kappa shape index (κ2) is 7.31. The van der Waals surface area contributed by atoms with Crippen molar-refractivity contribution in [2.24, 2.45) is 0 Å². The van der Waals surface area contributed by atoms with E-state index in [1.54, 1.807) is 11.3 Å². The van der Waals surface area contributed by atoms with Crippen LogP contribution in [-0.4, -0.2) is 21.6 Å². The van der Waals surface area contributed by atoms with Crippen molar-refractivity contribution >= 4 is 66.7 Å². The molecule has 0 unspecified atom stereocenters. The first-order chi connectivity index (χ1) is 11.8. The van der Waals surface area contributed by atoms with Gasteiger partial charge in [-0.05, 0) is 60.0 Å². The van der Waals surface area contributed by atoms with Crippen LogP contribution in [0.25, 0.3) is 10.2 Å². The summed E-state index contributed by atoms with van der Waals surface area (Å²) in [7, 11) is 0. The number of benzene rings is 1. The summed E-state index contributed by atoms with van der Waals surface area (Å²) in [5.74, 6) is 0.570. The summed E-state index contributed by atoms with van der Waals surface area (Å²) in [6.45, 7) is 6.06. The van der Waals surface area contributed by atoms with Crippen LogP contribution >= 0.6 is 39.0 Å². The molecule has 1 amide bonds. The molecular weight excluding hydrogens is 420 g/mol. The highest BCUT2D eigenvalue weighted by molar-refractivity contribution is 9.10. The van der Waals surface area contributed by atoms with Gasteiger partial charge in [-0.2, -0.15) is 0 Å². The lowest BCUT2D eigenvalue weighted by atomic mass is 10.2. The maximum absolute atomic E-state index is 12.2. The van der Waals surface area contributed by atoms with Gasteiger partial charge in [0.15, 0.2) is 5.16 Å². The topological polar surface area (TPSA) is 80.9 Å². The molecule has 0 aliphatic heterocycles. The van der Waals surface area contributed by atoms with E-state index in [0.29, 0.717) is 11.0 Å². The van der Waals surface area contributed by atoms with Gasteiger partial charge in [-0.15, -0.1) is 11.3 Å². The molecule has 0 aliphatic carbocycles. The van der Waals surface area contributed by atoms with Crippen molar-refractivity contribution in [3.05, 3.63) is 38.7 Å². The van der Waals surface area contributed by atoms with E-state index in [2.05, 4.69) is 31.2 Å². The molecule has 2 aromatic heterocycles. The Morgan fingerprint density at radius 2 is 2.08 bits per heavy atom. The normalized spacial score (nSPS) is 11.0. The van der Waals surface area contributed by atoms with Gasteiger partial charge in [0.2, 0.25) is 5.91 Å². The predicted molar refractivity (Wildman–Crippen MR) is 110 cm³/mol. The largest absolute Gasteiger partial charge is 0.383 e. The summed E-state index contributed by atoms with van der Waals surface area (Å²) >= 11 is 6.33. The number of thioether (sulfide) groups is 1. The summed E-state index contributed by atoms with van der Waals surface area (Å²) in [5.41, 5.74) is 9.06. The molecule has 2 heterocycles. The van der Waals surface area contributed by atoms with Crippen LogP contribution in [0.1, 0.15) is 16.0 Å². The van der Waals surface area contributed by atoms with Gasteiger partial charge < -0.3 is 11.1 Å². The molecule has 3 rings (SSSR count). The number of nitrogens with one attached hydrogen (secondary N) is 1. The Labute approximate surface area is 162 Å². The lowest BCUT2D eigenvalue weighted by Gasteiger charge is -2.08. The number of thiophene rings is 1. The van der Waals surface area contributed by atoms with Crippen LogP contribution in [0.3, 0.4) is 0 Å². The third kappa shape index (κ3) is 3.96. The molecule has 0 bridgehead atoms. The average Bonchev–Trinajstić information content (AvgIpc) is 2.83. The van der Waals surface area contributed by atoms with Crippen LogP contribution in [0.2, 0.25) is 0 Å². The van der Waals surface area contributed by atoms with Gasteiger partial charge in [-0.3, -0.25) is 4.79 Å². The van der Waals surface area contributed by atoms with E-state index in [-0.39, 0.29) is 11.7 Å². The molecule has 1 aromatic carbocycles. The number of fused-ring (bicyclic) bond motifs is 1. The Hall–Kier alpha value is -1.64.